The Morgan fingerprint density at radius 3 is 2.57 bits per heavy atom. The highest BCUT2D eigenvalue weighted by Crippen LogP contribution is 2.32. The molecule has 1 saturated heterocycles. The van der Waals surface area contributed by atoms with E-state index in [2.05, 4.69) is 37.9 Å². The van der Waals surface area contributed by atoms with Crippen LogP contribution in [0.3, 0.4) is 0 Å². The van der Waals surface area contributed by atoms with Gasteiger partial charge in [0.1, 0.15) is 0 Å². The summed E-state index contributed by atoms with van der Waals surface area (Å²) in [5.74, 6) is 0. The lowest BCUT2D eigenvalue weighted by Gasteiger charge is -2.36. The molecule has 2 atom stereocenters. The molecule has 2 heteroatoms. The molecular formula is C12H26N2. The van der Waals surface area contributed by atoms with Crippen LogP contribution in [0.15, 0.2) is 0 Å². The lowest BCUT2D eigenvalue weighted by molar-refractivity contribution is 0.132. The summed E-state index contributed by atoms with van der Waals surface area (Å²) in [7, 11) is 2.05. The summed E-state index contributed by atoms with van der Waals surface area (Å²) in [4.78, 5) is 2.65. The number of hydrogen-bond acceptors (Lipinski definition) is 2. The number of nitrogens with one attached hydrogen (secondary N) is 1. The second-order valence-electron chi connectivity index (χ2n) is 5.71. The van der Waals surface area contributed by atoms with E-state index in [1.165, 1.54) is 25.9 Å². The third kappa shape index (κ3) is 2.96. The van der Waals surface area contributed by atoms with E-state index >= 15 is 0 Å². The molecule has 0 saturated carbocycles. The Kier molecular flexibility index (Phi) is 3.96. The van der Waals surface area contributed by atoms with E-state index in [9.17, 15) is 0 Å². The molecule has 0 radical (unpaired) electrons. The first-order valence-electron chi connectivity index (χ1n) is 5.86. The predicted molar refractivity (Wildman–Crippen MR) is 62.6 cm³/mol. The zero-order valence-corrected chi connectivity index (χ0v) is 10.4. The van der Waals surface area contributed by atoms with Crippen molar-refractivity contribution in [3.8, 4) is 0 Å². The highest BCUT2D eigenvalue weighted by molar-refractivity contribution is 4.89. The summed E-state index contributed by atoms with van der Waals surface area (Å²) >= 11 is 0. The first-order chi connectivity index (χ1) is 6.45. The molecule has 1 N–H and O–H groups in total. The van der Waals surface area contributed by atoms with Gasteiger partial charge in [0.05, 0.1) is 0 Å². The molecule has 1 rings (SSSR count). The van der Waals surface area contributed by atoms with Gasteiger partial charge in [-0.15, -0.1) is 0 Å². The molecule has 0 spiro atoms. The minimum Gasteiger partial charge on any atom is -0.316 e. The van der Waals surface area contributed by atoms with Gasteiger partial charge in [0.15, 0.2) is 0 Å². The molecule has 14 heavy (non-hydrogen) atoms. The van der Waals surface area contributed by atoms with Gasteiger partial charge in [-0.3, -0.25) is 4.90 Å². The van der Waals surface area contributed by atoms with Crippen molar-refractivity contribution in [2.24, 2.45) is 5.41 Å². The topological polar surface area (TPSA) is 15.3 Å². The van der Waals surface area contributed by atoms with Gasteiger partial charge >= 0.3 is 0 Å². The molecule has 1 aliphatic rings. The Hall–Kier alpha value is -0.0800. The molecular weight excluding hydrogens is 172 g/mol. The summed E-state index contributed by atoms with van der Waals surface area (Å²) in [6, 6.07) is 1.39. The van der Waals surface area contributed by atoms with Crippen molar-refractivity contribution in [3.05, 3.63) is 0 Å². The van der Waals surface area contributed by atoms with Crippen molar-refractivity contribution in [1.29, 1.82) is 0 Å². The maximum absolute atomic E-state index is 3.32. The second-order valence-corrected chi connectivity index (χ2v) is 5.71. The van der Waals surface area contributed by atoms with Crippen LogP contribution in [-0.4, -0.2) is 37.1 Å². The Morgan fingerprint density at radius 2 is 2.07 bits per heavy atom. The average Bonchev–Trinajstić information content (AvgIpc) is 2.51. The van der Waals surface area contributed by atoms with Crippen LogP contribution in [0.1, 0.15) is 40.5 Å². The van der Waals surface area contributed by atoms with E-state index in [1.807, 2.05) is 7.05 Å². The van der Waals surface area contributed by atoms with E-state index in [1.54, 1.807) is 0 Å². The van der Waals surface area contributed by atoms with Crippen LogP contribution in [0.25, 0.3) is 0 Å². The predicted octanol–water partition coefficient (Wildman–Crippen LogP) is 2.10. The van der Waals surface area contributed by atoms with Gasteiger partial charge in [-0.1, -0.05) is 20.8 Å². The summed E-state index contributed by atoms with van der Waals surface area (Å²) < 4.78 is 0. The highest BCUT2D eigenvalue weighted by Gasteiger charge is 2.34. The summed E-state index contributed by atoms with van der Waals surface area (Å²) in [6.45, 7) is 11.8. The minimum atomic E-state index is 0.434. The van der Waals surface area contributed by atoms with Crippen LogP contribution in [0, 0.1) is 5.41 Å². The molecule has 2 unspecified atom stereocenters. The van der Waals surface area contributed by atoms with Crippen LogP contribution >= 0.6 is 0 Å². The van der Waals surface area contributed by atoms with Gasteiger partial charge in [0.2, 0.25) is 0 Å². The fraction of sp³-hybridized carbons (Fsp3) is 1.00. The van der Waals surface area contributed by atoms with E-state index in [4.69, 9.17) is 0 Å². The molecule has 0 amide bonds. The van der Waals surface area contributed by atoms with Gasteiger partial charge in [0.25, 0.3) is 0 Å². The number of likely N-dealkylation sites (tertiary alicyclic amines) is 1. The number of nitrogens with zero attached hydrogens (tertiary/aromatic N) is 1. The van der Waals surface area contributed by atoms with Crippen LogP contribution < -0.4 is 5.32 Å². The van der Waals surface area contributed by atoms with E-state index in [0.29, 0.717) is 11.5 Å². The van der Waals surface area contributed by atoms with Crippen LogP contribution in [-0.2, 0) is 0 Å². The molecule has 0 bridgehead atoms. The molecule has 0 aromatic carbocycles. The maximum Gasteiger partial charge on any atom is 0.0163 e. The Balaban J connectivity index is 2.51. The van der Waals surface area contributed by atoms with Gasteiger partial charge in [-0.2, -0.15) is 0 Å². The van der Waals surface area contributed by atoms with Crippen molar-refractivity contribution in [3.63, 3.8) is 0 Å². The molecule has 0 aromatic rings. The standard InChI is InChI=1S/C12H26N2/c1-10(13-5)9-14-8-6-7-11(14)12(2,3)4/h10-11,13H,6-9H2,1-5H3. The zero-order valence-electron chi connectivity index (χ0n) is 10.4. The summed E-state index contributed by atoms with van der Waals surface area (Å²) in [6.07, 6.45) is 2.75. The van der Waals surface area contributed by atoms with E-state index in [0.717, 1.165) is 6.04 Å². The number of rotatable bonds is 3. The van der Waals surface area contributed by atoms with Crippen LogP contribution in [0.2, 0.25) is 0 Å². The van der Waals surface area contributed by atoms with Gasteiger partial charge in [-0.25, -0.2) is 0 Å². The first-order valence-corrected chi connectivity index (χ1v) is 5.86. The van der Waals surface area contributed by atoms with Gasteiger partial charge < -0.3 is 5.32 Å². The monoisotopic (exact) mass is 198 g/mol. The third-order valence-electron chi connectivity index (χ3n) is 3.36. The molecule has 0 aliphatic carbocycles. The Bertz CT molecular complexity index is 172. The second kappa shape index (κ2) is 4.63. The van der Waals surface area contributed by atoms with Crippen molar-refractivity contribution >= 4 is 0 Å². The molecule has 0 aromatic heterocycles. The van der Waals surface area contributed by atoms with E-state index < -0.39 is 0 Å². The van der Waals surface area contributed by atoms with Crippen molar-refractivity contribution in [2.75, 3.05) is 20.1 Å². The third-order valence-corrected chi connectivity index (χ3v) is 3.36. The SMILES string of the molecule is CNC(C)CN1CCCC1C(C)(C)C. The first kappa shape index (κ1) is 12.0. The highest BCUT2D eigenvalue weighted by atomic mass is 15.2. The van der Waals surface area contributed by atoms with Crippen molar-refractivity contribution < 1.29 is 0 Å². The summed E-state index contributed by atoms with van der Waals surface area (Å²) in [5.41, 5.74) is 0.434. The Morgan fingerprint density at radius 1 is 1.43 bits per heavy atom. The zero-order chi connectivity index (χ0) is 10.8. The average molecular weight is 198 g/mol. The molecule has 1 heterocycles. The molecule has 1 fully saturated rings. The largest absolute Gasteiger partial charge is 0.316 e. The van der Waals surface area contributed by atoms with Gasteiger partial charge in [-0.05, 0) is 38.8 Å². The lowest BCUT2D eigenvalue weighted by atomic mass is 9.85. The smallest absolute Gasteiger partial charge is 0.0163 e. The fourth-order valence-corrected chi connectivity index (χ4v) is 2.47. The lowest BCUT2D eigenvalue weighted by Crippen LogP contribution is -2.45. The summed E-state index contributed by atoms with van der Waals surface area (Å²) in [5, 5.41) is 3.32. The van der Waals surface area contributed by atoms with Gasteiger partial charge in [0, 0.05) is 18.6 Å². The van der Waals surface area contributed by atoms with Crippen LogP contribution in [0.5, 0.6) is 0 Å². The minimum absolute atomic E-state index is 0.434. The molecule has 1 aliphatic heterocycles. The number of likely N-dealkylation sites (N-methyl/N-ethyl adjacent to an activating group) is 1. The Labute approximate surface area is 89.1 Å². The quantitative estimate of drug-likeness (QED) is 0.747. The normalized spacial score (nSPS) is 26.8. The van der Waals surface area contributed by atoms with E-state index in [-0.39, 0.29) is 0 Å². The van der Waals surface area contributed by atoms with Crippen LogP contribution in [0.4, 0.5) is 0 Å². The van der Waals surface area contributed by atoms with Crippen molar-refractivity contribution in [1.82, 2.24) is 10.2 Å². The fourth-order valence-electron chi connectivity index (χ4n) is 2.47. The maximum atomic E-state index is 3.32. The molecule has 84 valence electrons. The number of hydrogen-bond donors (Lipinski definition) is 1. The van der Waals surface area contributed by atoms with Crippen molar-refractivity contribution in [2.45, 2.75) is 52.6 Å². The molecule has 2 nitrogen and oxygen atoms in total.